The molecule has 0 saturated carbocycles. The Bertz CT molecular complexity index is 454. The van der Waals surface area contributed by atoms with Gasteiger partial charge in [0, 0.05) is 17.6 Å². The van der Waals surface area contributed by atoms with Crippen molar-refractivity contribution in [3.63, 3.8) is 0 Å². The van der Waals surface area contributed by atoms with Gasteiger partial charge in [-0.1, -0.05) is 6.07 Å². The fraction of sp³-hybridized carbons (Fsp3) is 0.647. The van der Waals surface area contributed by atoms with E-state index >= 15 is 0 Å². The number of hydrogen-bond donors (Lipinski definition) is 1. The molecule has 1 atom stereocenters. The Morgan fingerprint density at radius 1 is 1.40 bits per heavy atom. The lowest BCUT2D eigenvalue weighted by atomic mass is 10.0. The molecule has 1 saturated heterocycles. The molecule has 1 aromatic rings. The number of aliphatic hydroxyl groups is 1. The van der Waals surface area contributed by atoms with Gasteiger partial charge in [0.15, 0.2) is 0 Å². The lowest BCUT2D eigenvalue weighted by Crippen LogP contribution is -2.37. The number of benzene rings is 1. The van der Waals surface area contributed by atoms with Gasteiger partial charge in [-0.15, -0.1) is 0 Å². The van der Waals surface area contributed by atoms with Crippen molar-refractivity contribution in [1.29, 1.82) is 0 Å². The minimum absolute atomic E-state index is 0.254. The smallest absolute Gasteiger partial charge is 0.123 e. The van der Waals surface area contributed by atoms with E-state index in [9.17, 15) is 5.11 Å². The summed E-state index contributed by atoms with van der Waals surface area (Å²) < 4.78 is 5.74. The molecule has 3 heteroatoms. The van der Waals surface area contributed by atoms with Crippen LogP contribution in [0.3, 0.4) is 0 Å². The maximum Gasteiger partial charge on any atom is 0.123 e. The highest BCUT2D eigenvalue weighted by atomic mass is 16.5. The minimum atomic E-state index is -0.434. The molecule has 20 heavy (non-hydrogen) atoms. The van der Waals surface area contributed by atoms with E-state index in [1.54, 1.807) is 6.92 Å². The number of hydrogen-bond acceptors (Lipinski definition) is 3. The largest absolute Gasteiger partial charge is 0.494 e. The molecule has 0 aromatic heterocycles. The van der Waals surface area contributed by atoms with E-state index < -0.39 is 6.10 Å². The SMILES string of the molecule is CCOc1ccc(C(C)O)cc1CN1CCCC1(C)C. The Hall–Kier alpha value is -1.06. The highest BCUT2D eigenvalue weighted by Crippen LogP contribution is 2.32. The molecule has 0 spiro atoms. The van der Waals surface area contributed by atoms with E-state index in [0.717, 1.165) is 24.4 Å². The quantitative estimate of drug-likeness (QED) is 0.894. The Morgan fingerprint density at radius 3 is 2.70 bits per heavy atom. The Labute approximate surface area is 122 Å². The van der Waals surface area contributed by atoms with Crippen LogP contribution in [0.15, 0.2) is 18.2 Å². The second-order valence-electron chi connectivity index (χ2n) is 6.31. The second-order valence-corrected chi connectivity index (χ2v) is 6.31. The number of aliphatic hydroxyl groups excluding tert-OH is 1. The van der Waals surface area contributed by atoms with Crippen LogP contribution in [0.2, 0.25) is 0 Å². The van der Waals surface area contributed by atoms with E-state index in [0.29, 0.717) is 6.61 Å². The van der Waals surface area contributed by atoms with Crippen molar-refractivity contribution in [3.8, 4) is 5.75 Å². The van der Waals surface area contributed by atoms with Crippen molar-refractivity contribution in [1.82, 2.24) is 4.90 Å². The van der Waals surface area contributed by atoms with Crippen LogP contribution in [0.4, 0.5) is 0 Å². The predicted octanol–water partition coefficient (Wildman–Crippen LogP) is 3.51. The maximum absolute atomic E-state index is 9.78. The summed E-state index contributed by atoms with van der Waals surface area (Å²) in [5, 5.41) is 9.78. The fourth-order valence-electron chi connectivity index (χ4n) is 2.94. The van der Waals surface area contributed by atoms with Gasteiger partial charge in [-0.2, -0.15) is 0 Å². The van der Waals surface area contributed by atoms with Crippen LogP contribution >= 0.6 is 0 Å². The number of ether oxygens (including phenoxy) is 1. The molecule has 1 unspecified atom stereocenters. The van der Waals surface area contributed by atoms with Crippen LogP contribution < -0.4 is 4.74 Å². The first-order valence-electron chi connectivity index (χ1n) is 7.63. The molecule has 1 aliphatic heterocycles. The molecular formula is C17H27NO2. The van der Waals surface area contributed by atoms with Gasteiger partial charge >= 0.3 is 0 Å². The summed E-state index contributed by atoms with van der Waals surface area (Å²) in [5.74, 6) is 0.944. The van der Waals surface area contributed by atoms with Gasteiger partial charge in [0.2, 0.25) is 0 Å². The van der Waals surface area contributed by atoms with Gasteiger partial charge in [0.05, 0.1) is 12.7 Å². The second kappa shape index (κ2) is 6.15. The van der Waals surface area contributed by atoms with E-state index in [1.165, 1.54) is 18.4 Å². The van der Waals surface area contributed by atoms with Gasteiger partial charge in [-0.05, 0) is 64.8 Å². The molecule has 0 radical (unpaired) electrons. The molecule has 2 rings (SSSR count). The standard InChI is InChI=1S/C17H27NO2/c1-5-20-16-8-7-14(13(2)19)11-15(16)12-18-10-6-9-17(18,3)4/h7-8,11,13,19H,5-6,9-10,12H2,1-4H3. The molecule has 0 bridgehead atoms. The Morgan fingerprint density at radius 2 is 2.15 bits per heavy atom. The first-order valence-corrected chi connectivity index (χ1v) is 7.63. The van der Waals surface area contributed by atoms with Crippen molar-refractivity contribution in [3.05, 3.63) is 29.3 Å². The third-order valence-corrected chi connectivity index (χ3v) is 4.30. The van der Waals surface area contributed by atoms with Gasteiger partial charge in [0.1, 0.15) is 5.75 Å². The number of rotatable bonds is 5. The molecule has 1 aromatic carbocycles. The normalized spacial score (nSPS) is 20.1. The summed E-state index contributed by atoms with van der Waals surface area (Å²) in [5.41, 5.74) is 2.39. The van der Waals surface area contributed by atoms with Gasteiger partial charge in [-0.3, -0.25) is 4.90 Å². The fourth-order valence-corrected chi connectivity index (χ4v) is 2.94. The minimum Gasteiger partial charge on any atom is -0.494 e. The van der Waals surface area contributed by atoms with E-state index in [1.807, 2.05) is 19.1 Å². The lowest BCUT2D eigenvalue weighted by Gasteiger charge is -2.32. The molecule has 3 nitrogen and oxygen atoms in total. The topological polar surface area (TPSA) is 32.7 Å². The maximum atomic E-state index is 9.78. The number of likely N-dealkylation sites (tertiary alicyclic amines) is 1. The molecular weight excluding hydrogens is 250 g/mol. The third kappa shape index (κ3) is 3.33. The third-order valence-electron chi connectivity index (χ3n) is 4.30. The van der Waals surface area contributed by atoms with E-state index in [4.69, 9.17) is 4.74 Å². The molecule has 1 heterocycles. The summed E-state index contributed by atoms with van der Waals surface area (Å²) in [7, 11) is 0. The van der Waals surface area contributed by atoms with Crippen molar-refractivity contribution >= 4 is 0 Å². The van der Waals surface area contributed by atoms with Gasteiger partial charge < -0.3 is 9.84 Å². The summed E-state index contributed by atoms with van der Waals surface area (Å²) in [6, 6.07) is 6.03. The van der Waals surface area contributed by atoms with Crippen LogP contribution in [0.1, 0.15) is 57.8 Å². The molecule has 0 amide bonds. The van der Waals surface area contributed by atoms with E-state index in [-0.39, 0.29) is 5.54 Å². The zero-order chi connectivity index (χ0) is 14.8. The van der Waals surface area contributed by atoms with E-state index in [2.05, 4.69) is 24.8 Å². The number of nitrogens with zero attached hydrogens (tertiary/aromatic N) is 1. The first-order chi connectivity index (χ1) is 9.44. The zero-order valence-electron chi connectivity index (χ0n) is 13.1. The molecule has 1 fully saturated rings. The average Bonchev–Trinajstić information content (AvgIpc) is 2.71. The van der Waals surface area contributed by atoms with Crippen molar-refractivity contribution < 1.29 is 9.84 Å². The molecule has 1 N–H and O–H groups in total. The lowest BCUT2D eigenvalue weighted by molar-refractivity contribution is 0.163. The van der Waals surface area contributed by atoms with Crippen LogP contribution in [0.5, 0.6) is 5.75 Å². The monoisotopic (exact) mass is 277 g/mol. The highest BCUT2D eigenvalue weighted by molar-refractivity contribution is 5.38. The zero-order valence-corrected chi connectivity index (χ0v) is 13.1. The van der Waals surface area contributed by atoms with Crippen LogP contribution in [0.25, 0.3) is 0 Å². The average molecular weight is 277 g/mol. The molecule has 112 valence electrons. The van der Waals surface area contributed by atoms with Crippen LogP contribution in [-0.4, -0.2) is 28.7 Å². The Kier molecular flexibility index (Phi) is 4.71. The molecule has 1 aliphatic rings. The van der Waals surface area contributed by atoms with Crippen molar-refractivity contribution in [2.75, 3.05) is 13.2 Å². The summed E-state index contributed by atoms with van der Waals surface area (Å²) >= 11 is 0. The summed E-state index contributed by atoms with van der Waals surface area (Å²) in [6.07, 6.45) is 2.07. The van der Waals surface area contributed by atoms with Gasteiger partial charge in [-0.25, -0.2) is 0 Å². The van der Waals surface area contributed by atoms with Crippen LogP contribution in [0, 0.1) is 0 Å². The van der Waals surface area contributed by atoms with Crippen molar-refractivity contribution in [2.45, 2.75) is 58.7 Å². The predicted molar refractivity (Wildman–Crippen MR) is 82.0 cm³/mol. The van der Waals surface area contributed by atoms with Gasteiger partial charge in [0.25, 0.3) is 0 Å². The van der Waals surface area contributed by atoms with Crippen LogP contribution in [-0.2, 0) is 6.54 Å². The highest BCUT2D eigenvalue weighted by Gasteiger charge is 2.32. The Balaban J connectivity index is 2.25. The summed E-state index contributed by atoms with van der Waals surface area (Å²) in [4.78, 5) is 2.51. The van der Waals surface area contributed by atoms with Crippen molar-refractivity contribution in [2.24, 2.45) is 0 Å². The first kappa shape index (κ1) is 15.3. The summed E-state index contributed by atoms with van der Waals surface area (Å²) in [6.45, 7) is 11.1. The molecule has 0 aliphatic carbocycles.